The zero-order chi connectivity index (χ0) is 38.3. The van der Waals surface area contributed by atoms with Gasteiger partial charge in [0.15, 0.2) is 0 Å². The van der Waals surface area contributed by atoms with Crippen molar-refractivity contribution in [1.29, 1.82) is 0 Å². The average molecular weight is 847 g/mol. The molecule has 3 atom stereocenters. The van der Waals surface area contributed by atoms with Crippen molar-refractivity contribution in [2.75, 3.05) is 40.6 Å². The fraction of sp³-hybridized carbons (Fsp3) is 0.792. The van der Waals surface area contributed by atoms with Gasteiger partial charge < -0.3 is 29.2 Å². The van der Waals surface area contributed by atoms with Gasteiger partial charge in [-0.25, -0.2) is 0 Å². The van der Waals surface area contributed by atoms with Crippen LogP contribution in [0, 0.1) is 22.7 Å². The smallest absolute Gasteiger partial charge is 0.311 e. The molecule has 1 aromatic rings. The van der Waals surface area contributed by atoms with Gasteiger partial charge in [-0.1, -0.05) is 160 Å². The number of esters is 4. The largest absolute Gasteiger partial charge is 0.469 e. The molecule has 0 heterocycles. The van der Waals surface area contributed by atoms with Crippen LogP contribution in [0.2, 0.25) is 0 Å². The van der Waals surface area contributed by atoms with Gasteiger partial charge in [0.1, 0.15) is 13.2 Å². The van der Waals surface area contributed by atoms with E-state index in [1.54, 1.807) is 6.92 Å². The predicted octanol–water partition coefficient (Wildman–Crippen LogP) is 13.9. The van der Waals surface area contributed by atoms with Crippen LogP contribution >= 0.6 is 0 Å². The minimum atomic E-state index is -0.421. The van der Waals surface area contributed by atoms with Crippen LogP contribution in [0.3, 0.4) is 0 Å². The summed E-state index contributed by atoms with van der Waals surface area (Å²) in [4.78, 5) is 43.3. The molecule has 0 amide bonds. The summed E-state index contributed by atoms with van der Waals surface area (Å²) in [5.41, 5.74) is 0.717. The second-order valence-corrected chi connectivity index (χ2v) is 12.6. The normalized spacial score (nSPS) is 10.1. The van der Waals surface area contributed by atoms with Crippen LogP contribution in [0.4, 0.5) is 0 Å². The average Bonchev–Trinajstić information content (AvgIpc) is 3.12. The number of ether oxygens (including phenoxy) is 4. The maximum absolute atomic E-state index is 11.1. The van der Waals surface area contributed by atoms with Crippen LogP contribution in [0.15, 0.2) is 30.3 Å². The lowest BCUT2D eigenvalue weighted by atomic mass is 9.91. The standard InChI is InChI=1S/C10H14.C8H16O3.C7H14O3.C7H14O2.C6H12O2.10CH4/c1-3-9(2)10-7-5-4-6-8-10;1-4-8(2,3)7(10)11-6-5-9;1-3-6(2)7(9)10-5-4-8;1-5-7(2,3)6(8)9-4;1-4-5(2)6(7)8-3;;;;;;;;;;/h4-9H,3H2,1-2H3;9H,4-6H2,1-3H3;6,8H,3-5H2,1-2H3;5H2,1-4H3;5H,4H2,1-3H3;10*1H4. The van der Waals surface area contributed by atoms with Crippen molar-refractivity contribution in [3.8, 4) is 0 Å². The van der Waals surface area contributed by atoms with Crippen LogP contribution in [-0.4, -0.2) is 74.7 Å². The Labute approximate surface area is 366 Å². The summed E-state index contributed by atoms with van der Waals surface area (Å²) in [6.07, 6.45) is 4.43. The third-order valence-electron chi connectivity index (χ3n) is 7.93. The van der Waals surface area contributed by atoms with Crippen molar-refractivity contribution in [2.45, 2.75) is 195 Å². The van der Waals surface area contributed by atoms with Gasteiger partial charge in [0.2, 0.25) is 0 Å². The van der Waals surface area contributed by atoms with Gasteiger partial charge in [-0.05, 0) is 71.3 Å². The van der Waals surface area contributed by atoms with E-state index in [1.165, 1.54) is 26.2 Å². The fourth-order valence-electron chi connectivity index (χ4n) is 2.74. The van der Waals surface area contributed by atoms with Crippen LogP contribution in [0.25, 0.3) is 0 Å². The number of hydrogen-bond acceptors (Lipinski definition) is 10. The summed E-state index contributed by atoms with van der Waals surface area (Å²) in [5.74, 6) is -0.00384. The van der Waals surface area contributed by atoms with E-state index in [0.717, 1.165) is 25.7 Å². The number of hydrogen-bond donors (Lipinski definition) is 2. The van der Waals surface area contributed by atoms with Gasteiger partial charge in [-0.2, -0.15) is 0 Å². The Bertz CT molecular complexity index is 947. The highest BCUT2D eigenvalue weighted by molar-refractivity contribution is 5.76. The van der Waals surface area contributed by atoms with Crippen LogP contribution in [-0.2, 0) is 38.1 Å². The highest BCUT2D eigenvalue weighted by Crippen LogP contribution is 2.21. The Hall–Kier alpha value is -2.98. The van der Waals surface area contributed by atoms with Crippen LogP contribution < -0.4 is 0 Å². The minimum Gasteiger partial charge on any atom is -0.469 e. The fourth-order valence-corrected chi connectivity index (χ4v) is 2.74. The quantitative estimate of drug-likeness (QED) is 0.137. The van der Waals surface area contributed by atoms with E-state index in [1.807, 2.05) is 62.3 Å². The summed E-state index contributed by atoms with van der Waals surface area (Å²) < 4.78 is 18.4. The lowest BCUT2D eigenvalue weighted by Crippen LogP contribution is -2.26. The first-order valence-corrected chi connectivity index (χ1v) is 17.1. The van der Waals surface area contributed by atoms with Crippen LogP contribution in [0.5, 0.6) is 0 Å². The van der Waals surface area contributed by atoms with E-state index in [2.05, 4.69) is 58.4 Å². The van der Waals surface area contributed by atoms with Gasteiger partial charge in [0.05, 0.1) is 50.1 Å². The molecule has 0 spiro atoms. The van der Waals surface area contributed by atoms with Crippen molar-refractivity contribution in [3.05, 3.63) is 35.9 Å². The van der Waals surface area contributed by atoms with E-state index in [4.69, 9.17) is 14.9 Å². The molecule has 1 rings (SSSR count). The predicted molar refractivity (Wildman–Crippen MR) is 260 cm³/mol. The first-order chi connectivity index (χ1) is 22.4. The second kappa shape index (κ2) is 58.3. The Morgan fingerprint density at radius 1 is 0.534 bits per heavy atom. The molecule has 0 saturated carbocycles. The first-order valence-electron chi connectivity index (χ1n) is 17.1. The van der Waals surface area contributed by atoms with Crippen molar-refractivity contribution >= 4 is 23.9 Å². The molecule has 0 fully saturated rings. The molecular weight excluding hydrogens is 737 g/mol. The second-order valence-electron chi connectivity index (χ2n) is 12.6. The van der Waals surface area contributed by atoms with E-state index in [9.17, 15) is 19.2 Å². The van der Waals surface area contributed by atoms with E-state index < -0.39 is 5.41 Å². The molecule has 3 unspecified atom stereocenters. The number of aliphatic hydroxyl groups is 2. The Balaban J connectivity index is -0.0000000334. The Morgan fingerprint density at radius 3 is 1.14 bits per heavy atom. The van der Waals surface area contributed by atoms with Crippen molar-refractivity contribution < 1.29 is 48.3 Å². The summed E-state index contributed by atoms with van der Waals surface area (Å²) in [6.45, 7) is 23.3. The molecule has 58 heavy (non-hydrogen) atoms. The number of rotatable bonds is 14. The molecule has 0 saturated heterocycles. The zero-order valence-electron chi connectivity index (χ0n) is 32.6. The van der Waals surface area contributed by atoms with E-state index in [-0.39, 0.29) is 142 Å². The molecular formula is C48H110O10. The highest BCUT2D eigenvalue weighted by atomic mass is 16.5. The molecule has 10 heteroatoms. The summed E-state index contributed by atoms with van der Waals surface area (Å²) in [6, 6.07) is 10.6. The minimum absolute atomic E-state index is 0. The lowest BCUT2D eigenvalue weighted by molar-refractivity contribution is -0.155. The number of aliphatic hydroxyl groups excluding tert-OH is 2. The maximum atomic E-state index is 11.1. The van der Waals surface area contributed by atoms with Crippen molar-refractivity contribution in [3.63, 3.8) is 0 Å². The molecule has 0 aromatic heterocycles. The summed E-state index contributed by atoms with van der Waals surface area (Å²) in [7, 11) is 2.83. The molecule has 0 radical (unpaired) electrons. The van der Waals surface area contributed by atoms with E-state index in [0.29, 0.717) is 5.92 Å². The topological polar surface area (TPSA) is 146 Å². The first kappa shape index (κ1) is 95.4. The number of carbonyl (C=O) groups is 4. The number of methoxy groups -OCH3 is 2. The van der Waals surface area contributed by atoms with Crippen LogP contribution in [0.1, 0.15) is 201 Å². The van der Waals surface area contributed by atoms with Gasteiger partial charge in [-0.3, -0.25) is 19.2 Å². The molecule has 0 aliphatic carbocycles. The monoisotopic (exact) mass is 847 g/mol. The maximum Gasteiger partial charge on any atom is 0.311 e. The van der Waals surface area contributed by atoms with Gasteiger partial charge in [0.25, 0.3) is 0 Å². The van der Waals surface area contributed by atoms with Gasteiger partial charge in [-0.15, -0.1) is 0 Å². The van der Waals surface area contributed by atoms with E-state index >= 15 is 0 Å². The Kier molecular flexibility index (Phi) is 96.0. The molecule has 0 bridgehead atoms. The highest BCUT2D eigenvalue weighted by Gasteiger charge is 2.27. The Morgan fingerprint density at radius 2 is 0.879 bits per heavy atom. The van der Waals surface area contributed by atoms with Crippen molar-refractivity contribution in [1.82, 2.24) is 0 Å². The zero-order valence-corrected chi connectivity index (χ0v) is 32.6. The van der Waals surface area contributed by atoms with Crippen molar-refractivity contribution in [2.24, 2.45) is 22.7 Å². The lowest BCUT2D eigenvalue weighted by Gasteiger charge is -2.19. The number of benzene rings is 1. The molecule has 0 aliphatic rings. The molecule has 10 nitrogen and oxygen atoms in total. The summed E-state index contributed by atoms with van der Waals surface area (Å²) >= 11 is 0. The third kappa shape index (κ3) is 51.0. The number of carbonyl (C=O) groups excluding carboxylic acids is 4. The third-order valence-corrected chi connectivity index (χ3v) is 7.93. The summed E-state index contributed by atoms with van der Waals surface area (Å²) in [5, 5.41) is 16.7. The van der Waals surface area contributed by atoms with Gasteiger partial charge >= 0.3 is 23.9 Å². The molecule has 362 valence electrons. The van der Waals surface area contributed by atoms with Gasteiger partial charge in [0, 0.05) is 0 Å². The SMILES string of the molecule is C.C.C.C.C.C.C.C.C.C.CCC(C)(C)C(=O)OC.CCC(C)(C)C(=O)OCCO.CCC(C)C(=O)OC.CCC(C)C(=O)OCCO.CCC(C)c1ccccc1. The molecule has 0 aliphatic heterocycles. The molecule has 2 N–H and O–H groups in total. The molecule has 1 aromatic carbocycles.